The largest absolute Gasteiger partial charge is 0.382 e. The van der Waals surface area contributed by atoms with Crippen LogP contribution in [0.1, 0.15) is 139 Å². The summed E-state index contributed by atoms with van der Waals surface area (Å²) >= 11 is 0. The van der Waals surface area contributed by atoms with Crippen molar-refractivity contribution in [1.29, 1.82) is 0 Å². The molecule has 4 atom stereocenters. The lowest BCUT2D eigenvalue weighted by Crippen LogP contribution is -2.63. The Hall–Kier alpha value is -7.73. The summed E-state index contributed by atoms with van der Waals surface area (Å²) in [6, 6.07) is 12.2. The van der Waals surface area contributed by atoms with Crippen molar-refractivity contribution in [1.82, 2.24) is 47.9 Å². The molecule has 81 heavy (non-hydrogen) atoms. The van der Waals surface area contributed by atoms with Gasteiger partial charge in [-0.05, 0) is 95.9 Å². The molecule has 0 bridgehead atoms. The van der Waals surface area contributed by atoms with Gasteiger partial charge in [-0.3, -0.25) is 47.9 Å². The second-order valence-electron chi connectivity index (χ2n) is 21.1. The third kappa shape index (κ3) is 33.5. The number of para-hydroxylation sites is 1. The number of hydrazine groups is 1. The third-order valence-corrected chi connectivity index (χ3v) is 11.1. The van der Waals surface area contributed by atoms with E-state index in [0.717, 1.165) is 31.5 Å². The Bertz CT molecular complexity index is 2340. The van der Waals surface area contributed by atoms with E-state index in [9.17, 15) is 47.9 Å². The number of carbonyl (C=O) groups is 10. The second kappa shape index (κ2) is 40.4. The Morgan fingerprint density at radius 3 is 1.52 bits per heavy atom. The number of aldehydes is 1. The summed E-state index contributed by atoms with van der Waals surface area (Å²) < 4.78 is 0. The molecular formula is C57H96N14O10. The molecule has 454 valence electrons. The predicted molar refractivity (Wildman–Crippen MR) is 317 cm³/mol. The van der Waals surface area contributed by atoms with E-state index in [1.165, 1.54) is 32.3 Å². The summed E-state index contributed by atoms with van der Waals surface area (Å²) in [7, 11) is 1.96. The topological polar surface area (TPSA) is 373 Å². The minimum atomic E-state index is -1.54. The van der Waals surface area contributed by atoms with Crippen LogP contribution >= 0.6 is 0 Å². The van der Waals surface area contributed by atoms with Gasteiger partial charge in [0.25, 0.3) is 0 Å². The van der Waals surface area contributed by atoms with Crippen LogP contribution in [0.4, 0.5) is 5.69 Å². The zero-order chi connectivity index (χ0) is 62.6. The minimum Gasteiger partial charge on any atom is -0.382 e. The number of benzene rings is 2. The van der Waals surface area contributed by atoms with Gasteiger partial charge >= 0.3 is 0 Å². The number of nitrogens with zero attached hydrogens (tertiary/aromatic N) is 2. The number of amidine groups is 1. The second-order valence-corrected chi connectivity index (χ2v) is 21.1. The lowest BCUT2D eigenvalue weighted by molar-refractivity contribution is -0.137. The Balaban J connectivity index is 0. The first-order chi connectivity index (χ1) is 37.8. The molecule has 2 aromatic carbocycles. The standard InChI is InChI=1S/C32H58N8O8.C14H14N4O.C7H13NO.C4H11N/c1-16(2)12-21(27(33)44)37-23(42)14-35-30(47)26(19(7)8)39-31(48)32(10,11)40-28(45)22(13-17(3)4)38-24(43)15-34-29(46)25(18(5)6)36-20(9)41;15-14(12-8-6-11(10-19)7-9-12)17-18(16)13-4-2-1-3-5-13;1-4-5-8-7(9)6(2)3;1-3-4-5-2/h16-19,21-22,25-26H,12-15H2,1-11H3,(H2,33,44)(H,34,46)(H,35,47)(H,36,41)(H,37,42)(H,38,43)(H,39,48)(H,40,45);1-10H,16H2,(H2,15,17);2,4-5H2,1,3H3,(H,8,9);5H,3-4H2,1-2H3. The van der Waals surface area contributed by atoms with Gasteiger partial charge in [-0.2, -0.15) is 5.12 Å². The van der Waals surface area contributed by atoms with Crippen molar-refractivity contribution in [2.45, 2.75) is 152 Å². The smallest absolute Gasteiger partial charge is 0.246 e. The molecule has 0 spiro atoms. The number of nitrogens with two attached hydrogens (primary N) is 3. The molecule has 0 radical (unpaired) electrons. The fraction of sp³-hybridized carbons (Fsp3) is 0.561. The van der Waals surface area contributed by atoms with Gasteiger partial charge in [-0.25, -0.2) is 5.84 Å². The van der Waals surface area contributed by atoms with Crippen molar-refractivity contribution in [2.24, 2.45) is 46.1 Å². The van der Waals surface area contributed by atoms with Crippen LogP contribution < -0.4 is 70.3 Å². The maximum Gasteiger partial charge on any atom is 0.246 e. The molecule has 2 aromatic rings. The van der Waals surface area contributed by atoms with Gasteiger partial charge in [0, 0.05) is 30.2 Å². The summed E-state index contributed by atoms with van der Waals surface area (Å²) in [4.78, 5) is 122. The Morgan fingerprint density at radius 2 is 1.12 bits per heavy atom. The number of hydrogen-bond acceptors (Lipinski definition) is 14. The molecule has 0 aliphatic rings. The van der Waals surface area contributed by atoms with Crippen molar-refractivity contribution < 1.29 is 47.9 Å². The molecule has 0 aliphatic carbocycles. The minimum absolute atomic E-state index is 0.0347. The highest BCUT2D eigenvalue weighted by atomic mass is 16.2. The van der Waals surface area contributed by atoms with Gasteiger partial charge in [0.1, 0.15) is 36.0 Å². The SMILES string of the molecule is C=C(C)C(=O)NCCC.CC(=O)NC(C(=O)NCC(=O)NC(CC(C)C)C(=O)NC(C)(C)C(=O)NC(C(=O)NCC(=O)NC(CC(C)C)C(N)=O)C(C)C)C(C)C.CCCNC.N/C(=N\N(N)c1ccccc1)c1ccc(C=O)cc1. The van der Waals surface area contributed by atoms with E-state index < -0.39 is 96.0 Å². The predicted octanol–water partition coefficient (Wildman–Crippen LogP) is 2.17. The number of amides is 9. The van der Waals surface area contributed by atoms with E-state index >= 15 is 0 Å². The summed E-state index contributed by atoms with van der Waals surface area (Å²) in [5.41, 5.74) is 12.3. The van der Waals surface area contributed by atoms with Crippen LogP contribution in [0.15, 0.2) is 71.9 Å². The van der Waals surface area contributed by atoms with Crippen LogP contribution in [0.3, 0.4) is 0 Å². The number of carbonyl (C=O) groups excluding carboxylic acids is 10. The van der Waals surface area contributed by atoms with Crippen LogP contribution in [0, 0.1) is 23.7 Å². The van der Waals surface area contributed by atoms with Crippen molar-refractivity contribution in [3.05, 3.63) is 77.9 Å². The fourth-order valence-electron chi connectivity index (χ4n) is 6.71. The van der Waals surface area contributed by atoms with Crippen LogP contribution in [-0.2, 0) is 43.2 Å². The maximum absolute atomic E-state index is 13.3. The van der Waals surface area contributed by atoms with E-state index in [4.69, 9.17) is 17.3 Å². The number of primary amides is 1. The van der Waals surface area contributed by atoms with Crippen molar-refractivity contribution in [3.63, 3.8) is 0 Å². The monoisotopic (exact) mass is 1140 g/mol. The summed E-state index contributed by atoms with van der Waals surface area (Å²) in [6.07, 6.45) is 3.53. The van der Waals surface area contributed by atoms with Crippen LogP contribution in [0.2, 0.25) is 0 Å². The summed E-state index contributed by atoms with van der Waals surface area (Å²) in [5, 5.41) is 28.8. The normalized spacial score (nSPS) is 12.4. The first-order valence-electron chi connectivity index (χ1n) is 27.2. The van der Waals surface area contributed by atoms with Crippen LogP contribution in [0.25, 0.3) is 0 Å². The van der Waals surface area contributed by atoms with E-state index in [0.29, 0.717) is 23.1 Å². The Morgan fingerprint density at radius 1 is 0.654 bits per heavy atom. The molecule has 24 nitrogen and oxygen atoms in total. The first-order valence-corrected chi connectivity index (χ1v) is 27.2. The highest BCUT2D eigenvalue weighted by molar-refractivity contribution is 5.99. The highest BCUT2D eigenvalue weighted by Gasteiger charge is 2.36. The number of hydrogen-bond donors (Lipinski definition) is 12. The highest BCUT2D eigenvalue weighted by Crippen LogP contribution is 2.13. The summed E-state index contributed by atoms with van der Waals surface area (Å²) in [5.74, 6) is 0.523. The van der Waals surface area contributed by atoms with Gasteiger partial charge in [0.15, 0.2) is 5.84 Å². The van der Waals surface area contributed by atoms with E-state index in [1.54, 1.807) is 58.9 Å². The average Bonchev–Trinajstić information content (AvgIpc) is 3.39. The molecule has 4 unspecified atom stereocenters. The molecule has 0 heterocycles. The number of anilines is 1. The Labute approximate surface area is 479 Å². The molecule has 24 heteroatoms. The zero-order valence-corrected chi connectivity index (χ0v) is 50.5. The molecule has 0 saturated heterocycles. The van der Waals surface area contributed by atoms with Crippen molar-refractivity contribution >= 4 is 71.0 Å². The van der Waals surface area contributed by atoms with E-state index in [-0.39, 0.29) is 35.9 Å². The van der Waals surface area contributed by atoms with Gasteiger partial charge in [0.05, 0.1) is 18.8 Å². The van der Waals surface area contributed by atoms with Crippen LogP contribution in [-0.4, -0.2) is 128 Å². The third-order valence-electron chi connectivity index (χ3n) is 11.1. The van der Waals surface area contributed by atoms with E-state index in [1.807, 2.05) is 72.0 Å². The van der Waals surface area contributed by atoms with Gasteiger partial charge < -0.3 is 59.3 Å². The fourth-order valence-corrected chi connectivity index (χ4v) is 6.71. The number of rotatable bonds is 29. The van der Waals surface area contributed by atoms with Crippen molar-refractivity contribution in [3.8, 4) is 0 Å². The molecule has 0 aliphatic heterocycles. The molecule has 0 aromatic heterocycles. The van der Waals surface area contributed by atoms with Gasteiger partial charge in [0.2, 0.25) is 53.2 Å². The van der Waals surface area contributed by atoms with Gasteiger partial charge in [-0.1, -0.05) is 118 Å². The molecule has 0 fully saturated rings. The van der Waals surface area contributed by atoms with Crippen molar-refractivity contribution in [2.75, 3.05) is 38.3 Å². The average molecular weight is 1140 g/mol. The van der Waals surface area contributed by atoms with Gasteiger partial charge in [-0.15, -0.1) is 5.10 Å². The lowest BCUT2D eigenvalue weighted by atomic mass is 9.97. The number of nitrogens with one attached hydrogen (secondary N) is 9. The Kier molecular flexibility index (Phi) is 37.6. The molecular weight excluding hydrogens is 1040 g/mol. The lowest BCUT2D eigenvalue weighted by Gasteiger charge is -2.31. The zero-order valence-electron chi connectivity index (χ0n) is 50.5. The first kappa shape index (κ1) is 75.3. The molecule has 0 saturated carbocycles. The van der Waals surface area contributed by atoms with E-state index in [2.05, 4.69) is 66.5 Å². The summed E-state index contributed by atoms with van der Waals surface area (Å²) in [6.45, 7) is 28.8. The molecule has 9 amide bonds. The molecule has 15 N–H and O–H groups in total. The maximum atomic E-state index is 13.3. The molecule has 2 rings (SSSR count). The quantitative estimate of drug-likeness (QED) is 0.0139. The number of hydrazone groups is 1. The van der Waals surface area contributed by atoms with Crippen LogP contribution in [0.5, 0.6) is 0 Å².